The van der Waals surface area contributed by atoms with Crippen LogP contribution in [0.2, 0.25) is 0 Å². The Balaban J connectivity index is 1.36. The van der Waals surface area contributed by atoms with Crippen LogP contribution in [-0.4, -0.2) is 61.6 Å². The molecule has 36 heavy (non-hydrogen) atoms. The van der Waals surface area contributed by atoms with E-state index in [1.54, 1.807) is 44.2 Å². The quantitative estimate of drug-likeness (QED) is 0.611. The summed E-state index contributed by atoms with van der Waals surface area (Å²) >= 11 is 0. The Labute approximate surface area is 211 Å². The second-order valence-corrected chi connectivity index (χ2v) is 9.11. The molecule has 1 fully saturated rings. The van der Waals surface area contributed by atoms with E-state index in [2.05, 4.69) is 10.6 Å². The summed E-state index contributed by atoms with van der Waals surface area (Å²) in [6, 6.07) is 12.4. The zero-order valence-corrected chi connectivity index (χ0v) is 20.9. The second kappa shape index (κ2) is 11.4. The Morgan fingerprint density at radius 3 is 2.61 bits per heavy atom. The first-order chi connectivity index (χ1) is 17.4. The van der Waals surface area contributed by atoms with Crippen molar-refractivity contribution in [2.45, 2.75) is 57.4 Å². The summed E-state index contributed by atoms with van der Waals surface area (Å²) in [4.78, 5) is 39.3. The van der Waals surface area contributed by atoms with Gasteiger partial charge in [-0.3, -0.25) is 14.4 Å². The highest BCUT2D eigenvalue weighted by molar-refractivity contribution is 5.99. The zero-order valence-electron chi connectivity index (χ0n) is 20.9. The van der Waals surface area contributed by atoms with Crippen LogP contribution in [0.4, 0.5) is 5.69 Å². The van der Waals surface area contributed by atoms with Gasteiger partial charge >= 0.3 is 0 Å². The van der Waals surface area contributed by atoms with Gasteiger partial charge in [-0.05, 0) is 48.7 Å². The Morgan fingerprint density at radius 2 is 1.89 bits per heavy atom. The molecular formula is C27H33N3O6. The highest BCUT2D eigenvalue weighted by atomic mass is 16.5. The zero-order chi connectivity index (χ0) is 25.7. The number of likely N-dealkylation sites (N-methyl/N-ethyl adjacent to an activating group) is 1. The summed E-state index contributed by atoms with van der Waals surface area (Å²) in [6.45, 7) is 2.46. The van der Waals surface area contributed by atoms with E-state index in [-0.39, 0.29) is 49.0 Å². The molecule has 2 heterocycles. The largest absolute Gasteiger partial charge is 0.497 e. The number of hydrogen-bond acceptors (Lipinski definition) is 6. The van der Waals surface area contributed by atoms with Gasteiger partial charge in [-0.2, -0.15) is 0 Å². The lowest BCUT2D eigenvalue weighted by molar-refractivity contribution is -0.134. The molecule has 2 aliphatic heterocycles. The standard InChI is InChI=1S/C27H33N3O6/c1-4-25(31)29-18-7-12-23-21(13-18)27(33)30(2)22-11-10-20(36-24(22)16-35-23)14-26(32)28-15-17-5-8-19(34-3)9-6-17/h5-9,12-13,20,22,24H,4,10-11,14-16H2,1-3H3,(H,28,32)(H,29,31)/t20-,22+,24-/m0/s1. The third-order valence-corrected chi connectivity index (χ3v) is 6.68. The van der Waals surface area contributed by atoms with E-state index in [1.165, 1.54) is 0 Å². The Kier molecular flexibility index (Phi) is 8.10. The van der Waals surface area contributed by atoms with Crippen LogP contribution < -0.4 is 20.1 Å². The van der Waals surface area contributed by atoms with Crippen molar-refractivity contribution in [3.8, 4) is 11.5 Å². The maximum absolute atomic E-state index is 13.3. The summed E-state index contributed by atoms with van der Waals surface area (Å²) in [5.41, 5.74) is 1.95. The summed E-state index contributed by atoms with van der Waals surface area (Å²) in [7, 11) is 3.38. The molecule has 0 aromatic heterocycles. The molecule has 9 heteroatoms. The number of carbonyl (C=O) groups is 3. The monoisotopic (exact) mass is 495 g/mol. The van der Waals surface area contributed by atoms with Crippen molar-refractivity contribution in [2.75, 3.05) is 26.1 Å². The van der Waals surface area contributed by atoms with Gasteiger partial charge in [-0.25, -0.2) is 0 Å². The van der Waals surface area contributed by atoms with Crippen molar-refractivity contribution in [3.05, 3.63) is 53.6 Å². The average molecular weight is 496 g/mol. The smallest absolute Gasteiger partial charge is 0.257 e. The number of benzene rings is 2. The fourth-order valence-corrected chi connectivity index (χ4v) is 4.58. The maximum atomic E-state index is 13.3. The predicted octanol–water partition coefficient (Wildman–Crippen LogP) is 3.13. The van der Waals surface area contributed by atoms with Gasteiger partial charge in [0.15, 0.2) is 0 Å². The van der Waals surface area contributed by atoms with Gasteiger partial charge in [0.05, 0.1) is 31.2 Å². The minimum Gasteiger partial charge on any atom is -0.497 e. The van der Waals surface area contributed by atoms with Crippen molar-refractivity contribution in [1.29, 1.82) is 0 Å². The lowest BCUT2D eigenvalue weighted by Crippen LogP contribution is -2.53. The predicted molar refractivity (Wildman–Crippen MR) is 134 cm³/mol. The normalized spacial score (nSPS) is 21.2. The summed E-state index contributed by atoms with van der Waals surface area (Å²) in [5.74, 6) is 0.820. The van der Waals surface area contributed by atoms with E-state index in [4.69, 9.17) is 14.2 Å². The van der Waals surface area contributed by atoms with Crippen LogP contribution in [0.25, 0.3) is 0 Å². The van der Waals surface area contributed by atoms with Gasteiger partial charge in [-0.1, -0.05) is 19.1 Å². The number of amides is 3. The fraction of sp³-hybridized carbons (Fsp3) is 0.444. The molecule has 0 saturated carbocycles. The van der Waals surface area contributed by atoms with Crippen LogP contribution in [0.15, 0.2) is 42.5 Å². The maximum Gasteiger partial charge on any atom is 0.257 e. The number of ether oxygens (including phenoxy) is 3. The molecule has 0 spiro atoms. The third kappa shape index (κ3) is 5.96. The van der Waals surface area contributed by atoms with Gasteiger partial charge < -0.3 is 29.7 Å². The van der Waals surface area contributed by atoms with Crippen LogP contribution >= 0.6 is 0 Å². The number of methoxy groups -OCH3 is 1. The molecule has 2 aromatic carbocycles. The van der Waals surface area contributed by atoms with E-state index in [0.717, 1.165) is 11.3 Å². The number of anilines is 1. The minimum atomic E-state index is -0.347. The summed E-state index contributed by atoms with van der Waals surface area (Å²) in [5, 5.41) is 5.73. The van der Waals surface area contributed by atoms with Crippen LogP contribution in [0.1, 0.15) is 48.5 Å². The van der Waals surface area contributed by atoms with Crippen molar-refractivity contribution in [3.63, 3.8) is 0 Å². The molecule has 0 aliphatic carbocycles. The van der Waals surface area contributed by atoms with Crippen LogP contribution in [-0.2, 0) is 20.9 Å². The number of fused-ring (bicyclic) bond motifs is 2. The van der Waals surface area contributed by atoms with Gasteiger partial charge in [0.1, 0.15) is 24.2 Å². The lowest BCUT2D eigenvalue weighted by atomic mass is 9.94. The van der Waals surface area contributed by atoms with Crippen LogP contribution in [0.3, 0.4) is 0 Å². The van der Waals surface area contributed by atoms with Crippen molar-refractivity contribution in [2.24, 2.45) is 0 Å². The molecule has 0 unspecified atom stereocenters. The van der Waals surface area contributed by atoms with Gasteiger partial charge in [0.25, 0.3) is 5.91 Å². The number of nitrogens with one attached hydrogen (secondary N) is 2. The topological polar surface area (TPSA) is 106 Å². The van der Waals surface area contributed by atoms with Crippen molar-refractivity contribution < 1.29 is 28.6 Å². The third-order valence-electron chi connectivity index (χ3n) is 6.68. The molecule has 4 rings (SSSR count). The lowest BCUT2D eigenvalue weighted by Gasteiger charge is -2.42. The van der Waals surface area contributed by atoms with Crippen molar-refractivity contribution in [1.82, 2.24) is 10.2 Å². The first-order valence-corrected chi connectivity index (χ1v) is 12.3. The SMILES string of the molecule is CCC(=O)Nc1ccc2c(c1)C(=O)N(C)[C@@H]1CC[C@@H](CC(=O)NCc3ccc(OC)cc3)O[C@H]1CO2. The highest BCUT2D eigenvalue weighted by Gasteiger charge is 2.39. The van der Waals surface area contributed by atoms with Gasteiger partial charge in [-0.15, -0.1) is 0 Å². The van der Waals surface area contributed by atoms with E-state index in [9.17, 15) is 14.4 Å². The Hall–Kier alpha value is -3.59. The van der Waals surface area contributed by atoms with Gasteiger partial charge in [0.2, 0.25) is 11.8 Å². The Bertz CT molecular complexity index is 1100. The van der Waals surface area contributed by atoms with E-state index < -0.39 is 0 Å². The Morgan fingerprint density at radius 1 is 1.11 bits per heavy atom. The number of carbonyl (C=O) groups excluding carboxylic acids is 3. The van der Waals surface area contributed by atoms with E-state index in [0.29, 0.717) is 42.8 Å². The molecule has 2 aliphatic rings. The molecule has 0 bridgehead atoms. The molecule has 9 nitrogen and oxygen atoms in total. The molecule has 1 saturated heterocycles. The average Bonchev–Trinajstić information content (AvgIpc) is 2.90. The first-order valence-electron chi connectivity index (χ1n) is 12.3. The molecule has 3 amide bonds. The van der Waals surface area contributed by atoms with E-state index >= 15 is 0 Å². The highest BCUT2D eigenvalue weighted by Crippen LogP contribution is 2.32. The van der Waals surface area contributed by atoms with Gasteiger partial charge in [0, 0.05) is 25.7 Å². The van der Waals surface area contributed by atoms with Crippen LogP contribution in [0.5, 0.6) is 11.5 Å². The number of hydrogen-bond donors (Lipinski definition) is 2. The van der Waals surface area contributed by atoms with Crippen LogP contribution in [0, 0.1) is 0 Å². The minimum absolute atomic E-state index is 0.0857. The molecular weight excluding hydrogens is 462 g/mol. The molecule has 0 radical (unpaired) electrons. The second-order valence-electron chi connectivity index (χ2n) is 9.11. The number of nitrogens with zero attached hydrogens (tertiary/aromatic N) is 1. The van der Waals surface area contributed by atoms with E-state index in [1.807, 2.05) is 24.3 Å². The fourth-order valence-electron chi connectivity index (χ4n) is 4.58. The first kappa shape index (κ1) is 25.5. The molecule has 3 atom stereocenters. The molecule has 192 valence electrons. The van der Waals surface area contributed by atoms with Crippen molar-refractivity contribution >= 4 is 23.4 Å². The number of rotatable bonds is 7. The molecule has 2 N–H and O–H groups in total. The summed E-state index contributed by atoms with van der Waals surface area (Å²) < 4.78 is 17.4. The molecule has 2 aromatic rings. The summed E-state index contributed by atoms with van der Waals surface area (Å²) in [6.07, 6.45) is 1.36.